The molecule has 2 N–H and O–H groups in total. The minimum Gasteiger partial charge on any atom is -0.330 e. The van der Waals surface area contributed by atoms with Crippen LogP contribution in [-0.4, -0.2) is 6.54 Å². The number of aryl methyl sites for hydroxylation is 1. The Kier molecular flexibility index (Phi) is 2.30. The molecule has 1 heterocycles. The first-order valence-electron chi connectivity index (χ1n) is 5.95. The molecule has 0 saturated heterocycles. The van der Waals surface area contributed by atoms with E-state index < -0.39 is 0 Å². The molecule has 1 fully saturated rings. The van der Waals surface area contributed by atoms with E-state index in [4.69, 9.17) is 5.73 Å². The second-order valence-electron chi connectivity index (χ2n) is 4.87. The molecule has 0 aliphatic heterocycles. The fourth-order valence-corrected chi connectivity index (χ4v) is 4.17. The molecule has 16 heavy (non-hydrogen) atoms. The van der Waals surface area contributed by atoms with Gasteiger partial charge in [-0.2, -0.15) is 0 Å². The van der Waals surface area contributed by atoms with Gasteiger partial charge in [0, 0.05) is 21.5 Å². The number of hydrogen-bond donors (Lipinski definition) is 1. The molecule has 1 aromatic carbocycles. The largest absolute Gasteiger partial charge is 0.330 e. The van der Waals surface area contributed by atoms with Gasteiger partial charge in [-0.05, 0) is 36.8 Å². The van der Waals surface area contributed by atoms with Crippen LogP contribution in [0, 0.1) is 6.92 Å². The van der Waals surface area contributed by atoms with Crippen molar-refractivity contribution in [3.63, 3.8) is 0 Å². The summed E-state index contributed by atoms with van der Waals surface area (Å²) in [5.41, 5.74) is 7.86. The Labute approximate surface area is 100 Å². The summed E-state index contributed by atoms with van der Waals surface area (Å²) in [6, 6.07) is 8.74. The molecule has 1 saturated carbocycles. The Morgan fingerprint density at radius 3 is 2.69 bits per heavy atom. The molecule has 2 aromatic rings. The number of hydrogen-bond acceptors (Lipinski definition) is 2. The van der Waals surface area contributed by atoms with Crippen molar-refractivity contribution in [2.45, 2.75) is 31.6 Å². The summed E-state index contributed by atoms with van der Waals surface area (Å²) in [5.74, 6) is 0. The first kappa shape index (κ1) is 10.3. The Hall–Kier alpha value is -0.860. The summed E-state index contributed by atoms with van der Waals surface area (Å²) in [6.07, 6.45) is 3.87. The average Bonchev–Trinajstić information content (AvgIpc) is 2.56. The van der Waals surface area contributed by atoms with Crippen molar-refractivity contribution in [1.29, 1.82) is 0 Å². The van der Waals surface area contributed by atoms with E-state index in [1.165, 1.54) is 34.2 Å². The van der Waals surface area contributed by atoms with Crippen molar-refractivity contribution in [3.8, 4) is 0 Å². The summed E-state index contributed by atoms with van der Waals surface area (Å²) < 4.78 is 1.41. The van der Waals surface area contributed by atoms with Crippen LogP contribution in [0.1, 0.15) is 29.7 Å². The maximum atomic E-state index is 6.02. The van der Waals surface area contributed by atoms with Gasteiger partial charge in [-0.25, -0.2) is 0 Å². The van der Waals surface area contributed by atoms with Crippen molar-refractivity contribution >= 4 is 21.4 Å². The number of rotatable bonds is 2. The zero-order chi connectivity index (χ0) is 11.2. The topological polar surface area (TPSA) is 26.0 Å². The molecule has 0 bridgehead atoms. The Balaban J connectivity index is 2.26. The molecule has 1 nitrogen and oxygen atoms in total. The SMILES string of the molecule is Cc1sc2ccccc2c1C1(CN)CCC1. The van der Waals surface area contributed by atoms with Gasteiger partial charge in [-0.3, -0.25) is 0 Å². The monoisotopic (exact) mass is 231 g/mol. The van der Waals surface area contributed by atoms with Crippen LogP contribution in [0.5, 0.6) is 0 Å². The maximum Gasteiger partial charge on any atom is 0.0348 e. The van der Waals surface area contributed by atoms with Gasteiger partial charge in [0.2, 0.25) is 0 Å². The predicted molar refractivity (Wildman–Crippen MR) is 71.1 cm³/mol. The zero-order valence-electron chi connectivity index (χ0n) is 9.62. The number of nitrogens with two attached hydrogens (primary N) is 1. The lowest BCUT2D eigenvalue weighted by Gasteiger charge is -2.41. The van der Waals surface area contributed by atoms with Crippen LogP contribution in [0.2, 0.25) is 0 Å². The molecule has 0 radical (unpaired) electrons. The molecule has 0 unspecified atom stereocenters. The first-order chi connectivity index (χ1) is 7.77. The Bertz CT molecular complexity index is 517. The molecule has 1 aliphatic rings. The van der Waals surface area contributed by atoms with Crippen LogP contribution in [0.4, 0.5) is 0 Å². The second-order valence-corrected chi connectivity index (χ2v) is 6.12. The third-order valence-corrected chi connectivity index (χ3v) is 5.09. The molecular formula is C14H17NS. The molecular weight excluding hydrogens is 214 g/mol. The van der Waals surface area contributed by atoms with E-state index in [0.717, 1.165) is 6.54 Å². The van der Waals surface area contributed by atoms with Crippen LogP contribution >= 0.6 is 11.3 Å². The third-order valence-electron chi connectivity index (χ3n) is 4.00. The van der Waals surface area contributed by atoms with E-state index in [2.05, 4.69) is 31.2 Å². The van der Waals surface area contributed by atoms with Crippen LogP contribution < -0.4 is 5.73 Å². The summed E-state index contributed by atoms with van der Waals surface area (Å²) in [5, 5.41) is 1.44. The number of thiophene rings is 1. The lowest BCUT2D eigenvalue weighted by atomic mass is 9.64. The highest BCUT2D eigenvalue weighted by Gasteiger charge is 2.40. The van der Waals surface area contributed by atoms with E-state index in [9.17, 15) is 0 Å². The van der Waals surface area contributed by atoms with E-state index >= 15 is 0 Å². The Morgan fingerprint density at radius 2 is 2.06 bits per heavy atom. The van der Waals surface area contributed by atoms with Gasteiger partial charge in [0.15, 0.2) is 0 Å². The maximum absolute atomic E-state index is 6.02. The lowest BCUT2D eigenvalue weighted by Crippen LogP contribution is -2.41. The normalized spacial score (nSPS) is 18.6. The summed E-state index contributed by atoms with van der Waals surface area (Å²) >= 11 is 1.91. The highest BCUT2D eigenvalue weighted by molar-refractivity contribution is 7.19. The highest BCUT2D eigenvalue weighted by atomic mass is 32.1. The lowest BCUT2D eigenvalue weighted by molar-refractivity contribution is 0.255. The molecule has 1 aromatic heterocycles. The van der Waals surface area contributed by atoms with E-state index in [1.807, 2.05) is 11.3 Å². The summed E-state index contributed by atoms with van der Waals surface area (Å²) in [7, 11) is 0. The summed E-state index contributed by atoms with van der Waals surface area (Å²) in [4.78, 5) is 1.46. The number of benzene rings is 1. The Morgan fingerprint density at radius 1 is 1.31 bits per heavy atom. The van der Waals surface area contributed by atoms with Crippen molar-refractivity contribution < 1.29 is 0 Å². The van der Waals surface area contributed by atoms with E-state index in [-0.39, 0.29) is 0 Å². The van der Waals surface area contributed by atoms with Gasteiger partial charge in [0.25, 0.3) is 0 Å². The van der Waals surface area contributed by atoms with Crippen LogP contribution in [0.25, 0.3) is 10.1 Å². The van der Waals surface area contributed by atoms with Crippen molar-refractivity contribution in [2.24, 2.45) is 5.73 Å². The van der Waals surface area contributed by atoms with Crippen molar-refractivity contribution in [2.75, 3.05) is 6.54 Å². The third kappa shape index (κ3) is 1.26. The zero-order valence-corrected chi connectivity index (χ0v) is 10.4. The van der Waals surface area contributed by atoms with E-state index in [1.54, 1.807) is 5.56 Å². The molecule has 1 aliphatic carbocycles. The smallest absolute Gasteiger partial charge is 0.0348 e. The fraction of sp³-hybridized carbons (Fsp3) is 0.429. The minimum absolute atomic E-state index is 0.295. The fourth-order valence-electron chi connectivity index (χ4n) is 2.99. The van der Waals surface area contributed by atoms with Gasteiger partial charge in [0.1, 0.15) is 0 Å². The van der Waals surface area contributed by atoms with Gasteiger partial charge in [-0.1, -0.05) is 24.6 Å². The van der Waals surface area contributed by atoms with Crippen LogP contribution in [-0.2, 0) is 5.41 Å². The van der Waals surface area contributed by atoms with Crippen molar-refractivity contribution in [1.82, 2.24) is 0 Å². The molecule has 0 atom stereocenters. The van der Waals surface area contributed by atoms with Crippen LogP contribution in [0.3, 0.4) is 0 Å². The second kappa shape index (κ2) is 3.57. The standard InChI is InChI=1S/C14H17NS/c1-10-13(14(9-15)7-4-8-14)11-5-2-3-6-12(11)16-10/h2-3,5-6H,4,7-9,15H2,1H3. The van der Waals surface area contributed by atoms with Crippen molar-refractivity contribution in [3.05, 3.63) is 34.7 Å². The van der Waals surface area contributed by atoms with Gasteiger partial charge in [0.05, 0.1) is 0 Å². The summed E-state index contributed by atoms with van der Waals surface area (Å²) in [6.45, 7) is 3.05. The molecule has 0 amide bonds. The number of fused-ring (bicyclic) bond motifs is 1. The van der Waals surface area contributed by atoms with E-state index in [0.29, 0.717) is 5.41 Å². The quantitative estimate of drug-likeness (QED) is 0.840. The minimum atomic E-state index is 0.295. The van der Waals surface area contributed by atoms with Gasteiger partial charge < -0.3 is 5.73 Å². The van der Waals surface area contributed by atoms with Crippen LogP contribution in [0.15, 0.2) is 24.3 Å². The molecule has 2 heteroatoms. The first-order valence-corrected chi connectivity index (χ1v) is 6.77. The van der Waals surface area contributed by atoms with Gasteiger partial charge in [-0.15, -0.1) is 11.3 Å². The van der Waals surface area contributed by atoms with Gasteiger partial charge >= 0.3 is 0 Å². The molecule has 84 valence electrons. The predicted octanol–water partition coefficient (Wildman–Crippen LogP) is 3.59. The molecule has 3 rings (SSSR count). The highest BCUT2D eigenvalue weighted by Crippen LogP contribution is 2.49. The molecule has 0 spiro atoms. The average molecular weight is 231 g/mol.